The number of benzene rings is 1. The van der Waals surface area contributed by atoms with Gasteiger partial charge in [0, 0.05) is 6.54 Å². The van der Waals surface area contributed by atoms with E-state index in [0.717, 1.165) is 12.0 Å². The normalized spacial score (nSPS) is 9.82. The van der Waals surface area contributed by atoms with Crippen molar-refractivity contribution in [2.45, 2.75) is 6.42 Å². The monoisotopic (exact) mass is 254 g/mol. The molecule has 0 aliphatic rings. The Morgan fingerprint density at radius 1 is 1.29 bits per heavy atom. The second-order valence-corrected chi connectivity index (χ2v) is 3.72. The number of carbonyl (C=O) groups excluding carboxylic acids is 1. The molecule has 1 aromatic carbocycles. The summed E-state index contributed by atoms with van der Waals surface area (Å²) < 4.78 is 10.3. The van der Waals surface area contributed by atoms with Crippen molar-refractivity contribution < 1.29 is 14.3 Å². The van der Waals surface area contributed by atoms with Crippen LogP contribution in [-0.2, 0) is 11.2 Å². The second-order valence-electron chi connectivity index (χ2n) is 3.43. The zero-order valence-corrected chi connectivity index (χ0v) is 10.8. The highest BCUT2D eigenvalue weighted by Gasteiger charge is 2.04. The fourth-order valence-electron chi connectivity index (χ4n) is 1.43. The maximum absolute atomic E-state index is 11.0. The van der Waals surface area contributed by atoms with Crippen molar-refractivity contribution in [1.29, 1.82) is 0 Å². The van der Waals surface area contributed by atoms with Crippen LogP contribution in [-0.4, -0.2) is 32.4 Å². The maximum atomic E-state index is 11.0. The van der Waals surface area contributed by atoms with E-state index in [9.17, 15) is 4.79 Å². The number of carbonyl (C=O) groups is 1. The minimum Gasteiger partial charge on any atom is -0.493 e. The Balaban J connectivity index is 2.57. The van der Waals surface area contributed by atoms with Crippen molar-refractivity contribution in [2.24, 2.45) is 0 Å². The number of ether oxygens (including phenoxy) is 2. The number of nitrogens with one attached hydrogen (secondary N) is 1. The first-order valence-electron chi connectivity index (χ1n) is 5.27. The third kappa shape index (κ3) is 4.19. The summed E-state index contributed by atoms with van der Waals surface area (Å²) in [5.74, 6) is 1.39. The number of methoxy groups -OCH3 is 2. The van der Waals surface area contributed by atoms with Gasteiger partial charge < -0.3 is 14.8 Å². The molecule has 0 saturated carbocycles. The third-order valence-electron chi connectivity index (χ3n) is 2.31. The van der Waals surface area contributed by atoms with E-state index in [2.05, 4.69) is 17.9 Å². The molecular weight excluding hydrogens is 238 g/mol. The molecule has 1 radical (unpaired) electrons. The average molecular weight is 254 g/mol. The van der Waals surface area contributed by atoms with E-state index in [4.69, 9.17) is 9.47 Å². The summed E-state index contributed by atoms with van der Waals surface area (Å²) in [6.07, 6.45) is 0.738. The topological polar surface area (TPSA) is 47.6 Å². The van der Waals surface area contributed by atoms with Crippen molar-refractivity contribution in [3.63, 3.8) is 0 Å². The summed E-state index contributed by atoms with van der Waals surface area (Å²) in [4.78, 5) is 11.0. The van der Waals surface area contributed by atoms with E-state index >= 15 is 0 Å². The van der Waals surface area contributed by atoms with Crippen molar-refractivity contribution in [1.82, 2.24) is 5.32 Å². The van der Waals surface area contributed by atoms with E-state index in [1.54, 1.807) is 14.2 Å². The Morgan fingerprint density at radius 3 is 2.59 bits per heavy atom. The Labute approximate surface area is 107 Å². The maximum Gasteiger partial charge on any atom is 0.230 e. The first-order chi connectivity index (χ1) is 8.21. The van der Waals surface area contributed by atoms with Gasteiger partial charge in [0.2, 0.25) is 5.91 Å². The standard InChI is InChI=1S/C12H16NO3S/c1-15-10-4-3-9(7-11(10)16-2)5-6-13-12(14)8-17/h3-4,7H,5-6,8H2,1-2H3,(H,13,14). The summed E-state index contributed by atoms with van der Waals surface area (Å²) >= 11 is 4.63. The SMILES string of the molecule is COc1ccc(CCNC(=O)C[S])cc1OC. The van der Waals surface area contributed by atoms with Crippen LogP contribution in [0.3, 0.4) is 0 Å². The highest BCUT2D eigenvalue weighted by molar-refractivity contribution is 7.81. The smallest absolute Gasteiger partial charge is 0.230 e. The predicted molar refractivity (Wildman–Crippen MR) is 68.7 cm³/mol. The lowest BCUT2D eigenvalue weighted by Crippen LogP contribution is -2.26. The van der Waals surface area contributed by atoms with Crippen molar-refractivity contribution in [3.8, 4) is 11.5 Å². The lowest BCUT2D eigenvalue weighted by atomic mass is 10.1. The molecule has 1 rings (SSSR count). The Hall–Kier alpha value is -1.36. The summed E-state index contributed by atoms with van der Waals surface area (Å²) in [7, 11) is 3.20. The van der Waals surface area contributed by atoms with E-state index in [0.29, 0.717) is 18.0 Å². The summed E-state index contributed by atoms with van der Waals surface area (Å²) in [6, 6.07) is 5.70. The van der Waals surface area contributed by atoms with Gasteiger partial charge in [-0.3, -0.25) is 4.79 Å². The van der Waals surface area contributed by atoms with Gasteiger partial charge in [0.15, 0.2) is 11.5 Å². The van der Waals surface area contributed by atoms with Gasteiger partial charge in [-0.2, -0.15) is 0 Å². The first kappa shape index (κ1) is 13.7. The first-order valence-corrected chi connectivity index (χ1v) is 5.84. The third-order valence-corrected chi connectivity index (χ3v) is 2.58. The quantitative estimate of drug-likeness (QED) is 0.838. The van der Waals surface area contributed by atoms with Gasteiger partial charge in [-0.05, 0) is 24.1 Å². The van der Waals surface area contributed by atoms with Crippen LogP contribution >= 0.6 is 12.6 Å². The fraction of sp³-hybridized carbons (Fsp3) is 0.417. The summed E-state index contributed by atoms with van der Waals surface area (Å²) in [5.41, 5.74) is 1.08. The minimum absolute atomic E-state index is 0.103. The predicted octanol–water partition coefficient (Wildman–Crippen LogP) is 1.56. The molecule has 0 saturated heterocycles. The second kappa shape index (κ2) is 7.06. The molecule has 1 aromatic rings. The van der Waals surface area contributed by atoms with E-state index in [1.165, 1.54) is 0 Å². The van der Waals surface area contributed by atoms with E-state index < -0.39 is 0 Å². The van der Waals surface area contributed by atoms with Gasteiger partial charge in [-0.1, -0.05) is 18.7 Å². The molecule has 4 nitrogen and oxygen atoms in total. The van der Waals surface area contributed by atoms with Crippen LogP contribution in [0, 0.1) is 0 Å². The fourth-order valence-corrected chi connectivity index (χ4v) is 1.54. The van der Waals surface area contributed by atoms with Crippen LogP contribution in [0.15, 0.2) is 18.2 Å². The van der Waals surface area contributed by atoms with Crippen LogP contribution in [0.25, 0.3) is 0 Å². The van der Waals surface area contributed by atoms with Crippen LogP contribution in [0.1, 0.15) is 5.56 Å². The van der Waals surface area contributed by atoms with Crippen molar-refractivity contribution >= 4 is 18.5 Å². The lowest BCUT2D eigenvalue weighted by Gasteiger charge is -2.09. The summed E-state index contributed by atoms with van der Waals surface area (Å²) in [5, 5.41) is 2.73. The Bertz CT molecular complexity index is 382. The van der Waals surface area contributed by atoms with Crippen molar-refractivity contribution in [2.75, 3.05) is 26.5 Å². The molecule has 0 unspecified atom stereocenters. The van der Waals surface area contributed by atoms with Gasteiger partial charge in [-0.25, -0.2) is 0 Å². The highest BCUT2D eigenvalue weighted by atomic mass is 32.1. The molecule has 0 aliphatic heterocycles. The van der Waals surface area contributed by atoms with Gasteiger partial charge in [0.25, 0.3) is 0 Å². The Morgan fingerprint density at radius 2 is 2.00 bits per heavy atom. The van der Waals surface area contributed by atoms with Crippen LogP contribution in [0.2, 0.25) is 0 Å². The molecule has 0 aliphatic carbocycles. The van der Waals surface area contributed by atoms with Gasteiger partial charge in [-0.15, -0.1) is 0 Å². The Kier molecular flexibility index (Phi) is 5.69. The number of rotatable bonds is 6. The number of hydrogen-bond donors (Lipinski definition) is 1. The molecule has 0 aromatic heterocycles. The largest absolute Gasteiger partial charge is 0.493 e. The molecule has 0 spiro atoms. The zero-order chi connectivity index (χ0) is 12.7. The molecule has 1 amide bonds. The van der Waals surface area contributed by atoms with Gasteiger partial charge >= 0.3 is 0 Å². The molecule has 17 heavy (non-hydrogen) atoms. The number of amides is 1. The highest BCUT2D eigenvalue weighted by Crippen LogP contribution is 2.27. The molecule has 1 N–H and O–H groups in total. The summed E-state index contributed by atoms with van der Waals surface area (Å²) in [6.45, 7) is 0.574. The van der Waals surface area contributed by atoms with Gasteiger partial charge in [0.1, 0.15) is 0 Å². The molecule has 0 atom stereocenters. The molecular formula is C12H16NO3S. The van der Waals surface area contributed by atoms with E-state index in [1.807, 2.05) is 18.2 Å². The lowest BCUT2D eigenvalue weighted by molar-refractivity contribution is -0.118. The molecule has 93 valence electrons. The average Bonchev–Trinajstić information content (AvgIpc) is 2.38. The van der Waals surface area contributed by atoms with Crippen molar-refractivity contribution in [3.05, 3.63) is 23.8 Å². The molecule has 0 fully saturated rings. The zero-order valence-electron chi connectivity index (χ0n) is 9.99. The molecule has 0 bridgehead atoms. The number of hydrogen-bond acceptors (Lipinski definition) is 3. The van der Waals surface area contributed by atoms with Crippen LogP contribution in [0.5, 0.6) is 11.5 Å². The molecule has 0 heterocycles. The van der Waals surface area contributed by atoms with Gasteiger partial charge in [0.05, 0.1) is 20.0 Å². The minimum atomic E-state index is -0.111. The van der Waals surface area contributed by atoms with E-state index in [-0.39, 0.29) is 11.7 Å². The van der Waals surface area contributed by atoms with Crippen LogP contribution in [0.4, 0.5) is 0 Å². The van der Waals surface area contributed by atoms with Crippen LogP contribution < -0.4 is 14.8 Å². The molecule has 5 heteroatoms.